The number of ether oxygens (including phenoxy) is 2. The van der Waals surface area contributed by atoms with Crippen LogP contribution in [0.4, 0.5) is 5.69 Å². The number of esters is 2. The van der Waals surface area contributed by atoms with Gasteiger partial charge in [0, 0.05) is 16.6 Å². The Morgan fingerprint density at radius 2 is 1.93 bits per heavy atom. The van der Waals surface area contributed by atoms with Gasteiger partial charge in [0.25, 0.3) is 5.91 Å². The van der Waals surface area contributed by atoms with Crippen LogP contribution in [-0.4, -0.2) is 30.1 Å². The SMILES string of the molecule is CCOC(=O)c1ccc(NC(=O)C2(C)Cc3cc(Br)ccc3C(=O)O2)cc1. The Morgan fingerprint density at radius 1 is 1.22 bits per heavy atom. The first-order chi connectivity index (χ1) is 12.8. The summed E-state index contributed by atoms with van der Waals surface area (Å²) in [5.74, 6) is -1.39. The first kappa shape index (κ1) is 19.1. The standard InChI is InChI=1S/C20H18BrNO5/c1-3-26-17(23)12-4-7-15(8-5-12)22-19(25)20(2)11-13-10-14(21)6-9-16(13)18(24)27-20/h4-10H,3,11H2,1-2H3,(H,22,25). The monoisotopic (exact) mass is 431 g/mol. The van der Waals surface area contributed by atoms with E-state index < -0.39 is 23.4 Å². The van der Waals surface area contributed by atoms with Crippen molar-refractivity contribution in [1.82, 2.24) is 0 Å². The number of fused-ring (bicyclic) bond motifs is 1. The molecule has 0 spiro atoms. The second-order valence-electron chi connectivity index (χ2n) is 6.35. The van der Waals surface area contributed by atoms with Gasteiger partial charge < -0.3 is 14.8 Å². The lowest BCUT2D eigenvalue weighted by Gasteiger charge is -2.33. The molecule has 0 fully saturated rings. The van der Waals surface area contributed by atoms with Crippen molar-refractivity contribution in [3.05, 3.63) is 63.6 Å². The highest BCUT2D eigenvalue weighted by atomic mass is 79.9. The third-order valence-corrected chi connectivity index (χ3v) is 4.76. The van der Waals surface area contributed by atoms with Crippen molar-refractivity contribution >= 4 is 39.5 Å². The Labute approximate surface area is 165 Å². The summed E-state index contributed by atoms with van der Waals surface area (Å²) in [4.78, 5) is 36.7. The zero-order valence-corrected chi connectivity index (χ0v) is 16.5. The molecule has 1 N–H and O–H groups in total. The van der Waals surface area contributed by atoms with Crippen LogP contribution in [0.25, 0.3) is 0 Å². The minimum Gasteiger partial charge on any atom is -0.462 e. The molecule has 6 nitrogen and oxygen atoms in total. The van der Waals surface area contributed by atoms with Crippen LogP contribution < -0.4 is 5.32 Å². The number of cyclic esters (lactones) is 1. The summed E-state index contributed by atoms with van der Waals surface area (Å²) in [5.41, 5.74) is 0.762. The molecule has 0 aliphatic carbocycles. The predicted molar refractivity (Wildman–Crippen MR) is 103 cm³/mol. The molecule has 7 heteroatoms. The topological polar surface area (TPSA) is 81.7 Å². The van der Waals surface area contributed by atoms with Crippen molar-refractivity contribution in [3.8, 4) is 0 Å². The van der Waals surface area contributed by atoms with E-state index in [1.54, 1.807) is 50.2 Å². The van der Waals surface area contributed by atoms with Gasteiger partial charge in [0.15, 0.2) is 5.60 Å². The number of hydrogen-bond donors (Lipinski definition) is 1. The Hall–Kier alpha value is -2.67. The molecule has 0 bridgehead atoms. The molecule has 1 aliphatic rings. The Balaban J connectivity index is 1.76. The van der Waals surface area contributed by atoms with Crippen molar-refractivity contribution in [2.24, 2.45) is 0 Å². The van der Waals surface area contributed by atoms with Crippen LogP contribution in [0, 0.1) is 0 Å². The molecule has 1 amide bonds. The number of hydrogen-bond acceptors (Lipinski definition) is 5. The summed E-state index contributed by atoms with van der Waals surface area (Å²) < 4.78 is 11.2. The largest absolute Gasteiger partial charge is 0.462 e. The van der Waals surface area contributed by atoms with Crippen molar-refractivity contribution in [1.29, 1.82) is 0 Å². The molecule has 2 aromatic rings. The van der Waals surface area contributed by atoms with Crippen LogP contribution in [0.15, 0.2) is 46.9 Å². The minimum atomic E-state index is -1.33. The summed E-state index contributed by atoms with van der Waals surface area (Å²) in [7, 11) is 0. The fourth-order valence-corrected chi connectivity index (χ4v) is 3.27. The van der Waals surface area contributed by atoms with Gasteiger partial charge in [-0.15, -0.1) is 0 Å². The minimum absolute atomic E-state index is 0.264. The van der Waals surface area contributed by atoms with Gasteiger partial charge in [-0.3, -0.25) is 4.79 Å². The molecule has 2 aromatic carbocycles. The summed E-state index contributed by atoms with van der Waals surface area (Å²) >= 11 is 3.38. The number of carbonyl (C=O) groups is 3. The fourth-order valence-electron chi connectivity index (χ4n) is 2.86. The first-order valence-electron chi connectivity index (χ1n) is 8.43. The van der Waals surface area contributed by atoms with E-state index in [2.05, 4.69) is 21.2 Å². The number of benzene rings is 2. The summed E-state index contributed by atoms with van der Waals surface area (Å²) in [6.07, 6.45) is 0.264. The molecule has 0 aromatic heterocycles. The van der Waals surface area contributed by atoms with E-state index in [9.17, 15) is 14.4 Å². The summed E-state index contributed by atoms with van der Waals surface area (Å²) in [6.45, 7) is 3.60. The number of amides is 1. The maximum Gasteiger partial charge on any atom is 0.339 e. The maximum absolute atomic E-state index is 12.8. The lowest BCUT2D eigenvalue weighted by molar-refractivity contribution is -0.134. The van der Waals surface area contributed by atoms with Crippen molar-refractivity contribution in [2.45, 2.75) is 25.9 Å². The second kappa shape index (κ2) is 7.52. The molecule has 27 heavy (non-hydrogen) atoms. The highest BCUT2D eigenvalue weighted by Crippen LogP contribution is 2.31. The third-order valence-electron chi connectivity index (χ3n) is 4.27. The van der Waals surface area contributed by atoms with Gasteiger partial charge in [-0.05, 0) is 61.9 Å². The zero-order valence-electron chi connectivity index (χ0n) is 14.9. The van der Waals surface area contributed by atoms with Gasteiger partial charge in [-0.25, -0.2) is 9.59 Å². The molecule has 3 rings (SSSR count). The molecule has 0 saturated heterocycles. The number of rotatable bonds is 4. The van der Waals surface area contributed by atoms with Crippen LogP contribution in [0.1, 0.15) is 40.1 Å². The summed E-state index contributed by atoms with van der Waals surface area (Å²) in [6, 6.07) is 11.6. The lowest BCUT2D eigenvalue weighted by Crippen LogP contribution is -2.48. The zero-order chi connectivity index (χ0) is 19.6. The molecular weight excluding hydrogens is 414 g/mol. The highest BCUT2D eigenvalue weighted by Gasteiger charge is 2.42. The predicted octanol–water partition coefficient (Wildman–Crippen LogP) is 3.74. The van der Waals surface area contributed by atoms with E-state index >= 15 is 0 Å². The molecule has 1 aliphatic heterocycles. The molecule has 1 unspecified atom stereocenters. The Bertz CT molecular complexity index is 909. The average Bonchev–Trinajstić information content (AvgIpc) is 2.62. The molecule has 0 saturated carbocycles. The molecule has 140 valence electrons. The van der Waals surface area contributed by atoms with Crippen LogP contribution in [0.3, 0.4) is 0 Å². The Kier molecular flexibility index (Phi) is 5.32. The fraction of sp³-hybridized carbons (Fsp3) is 0.250. The van der Waals surface area contributed by atoms with Gasteiger partial charge in [-0.2, -0.15) is 0 Å². The molecule has 1 atom stereocenters. The van der Waals surface area contributed by atoms with E-state index in [4.69, 9.17) is 9.47 Å². The normalized spacial score (nSPS) is 18.3. The van der Waals surface area contributed by atoms with E-state index in [0.29, 0.717) is 23.4 Å². The maximum atomic E-state index is 12.8. The van der Waals surface area contributed by atoms with E-state index in [1.165, 1.54) is 0 Å². The van der Waals surface area contributed by atoms with Gasteiger partial charge in [0.1, 0.15) is 0 Å². The van der Waals surface area contributed by atoms with E-state index in [-0.39, 0.29) is 6.42 Å². The van der Waals surface area contributed by atoms with E-state index in [0.717, 1.165) is 10.0 Å². The molecule has 0 radical (unpaired) electrons. The van der Waals surface area contributed by atoms with Gasteiger partial charge >= 0.3 is 11.9 Å². The quantitative estimate of drug-likeness (QED) is 0.745. The first-order valence-corrected chi connectivity index (χ1v) is 9.22. The number of nitrogens with one attached hydrogen (secondary N) is 1. The number of anilines is 1. The lowest BCUT2D eigenvalue weighted by atomic mass is 9.89. The van der Waals surface area contributed by atoms with Gasteiger partial charge in [-0.1, -0.05) is 15.9 Å². The highest BCUT2D eigenvalue weighted by molar-refractivity contribution is 9.10. The number of carbonyl (C=O) groups excluding carboxylic acids is 3. The Morgan fingerprint density at radius 3 is 2.59 bits per heavy atom. The van der Waals surface area contributed by atoms with Crippen LogP contribution in [0.2, 0.25) is 0 Å². The molecule has 1 heterocycles. The third kappa shape index (κ3) is 4.03. The smallest absolute Gasteiger partial charge is 0.339 e. The van der Waals surface area contributed by atoms with E-state index in [1.807, 2.05) is 6.07 Å². The molecular formula is C20H18BrNO5. The van der Waals surface area contributed by atoms with Crippen molar-refractivity contribution in [2.75, 3.05) is 11.9 Å². The van der Waals surface area contributed by atoms with Gasteiger partial charge in [0.2, 0.25) is 0 Å². The van der Waals surface area contributed by atoms with Crippen LogP contribution in [-0.2, 0) is 20.7 Å². The van der Waals surface area contributed by atoms with Crippen molar-refractivity contribution in [3.63, 3.8) is 0 Å². The number of halogens is 1. The van der Waals surface area contributed by atoms with Gasteiger partial charge in [0.05, 0.1) is 17.7 Å². The average molecular weight is 432 g/mol. The summed E-state index contributed by atoms with van der Waals surface area (Å²) in [5, 5.41) is 2.74. The second-order valence-corrected chi connectivity index (χ2v) is 7.27. The van der Waals surface area contributed by atoms with Crippen LogP contribution in [0.5, 0.6) is 0 Å². The van der Waals surface area contributed by atoms with Crippen molar-refractivity contribution < 1.29 is 23.9 Å². The van der Waals surface area contributed by atoms with Crippen LogP contribution >= 0.6 is 15.9 Å².